The van der Waals surface area contributed by atoms with Crippen molar-refractivity contribution < 1.29 is 23.4 Å². The summed E-state index contributed by atoms with van der Waals surface area (Å²) in [5, 5.41) is 19.7. The van der Waals surface area contributed by atoms with Crippen molar-refractivity contribution in [2.45, 2.75) is 39.0 Å². The first-order valence-corrected chi connectivity index (χ1v) is 12.4. The lowest BCUT2D eigenvalue weighted by Gasteiger charge is -2.18. The highest BCUT2D eigenvalue weighted by atomic mass is 16.5. The average molecular weight is 517 g/mol. The third-order valence-corrected chi connectivity index (χ3v) is 6.30. The molecule has 0 aliphatic rings. The number of aryl methyl sites for hydroxylation is 3. The number of para-hydroxylation sites is 2. The van der Waals surface area contributed by atoms with Crippen LogP contribution in [0.5, 0.6) is 17.2 Å². The number of methoxy groups -OCH3 is 2. The van der Waals surface area contributed by atoms with E-state index in [1.165, 1.54) is 14.2 Å². The molecule has 0 bridgehead atoms. The minimum atomic E-state index is -0.527. The molecule has 0 saturated heterocycles. The van der Waals surface area contributed by atoms with Crippen molar-refractivity contribution in [3.63, 3.8) is 0 Å². The molecular formula is C28H28N4O6. The Kier molecular flexibility index (Phi) is 7.12. The highest BCUT2D eigenvalue weighted by Gasteiger charge is 2.27. The molecule has 5 rings (SSSR count). The van der Waals surface area contributed by atoms with Crippen LogP contribution in [0.2, 0.25) is 0 Å². The van der Waals surface area contributed by atoms with Gasteiger partial charge in [-0.2, -0.15) is 0 Å². The Morgan fingerprint density at radius 2 is 1.61 bits per heavy atom. The molecule has 3 heterocycles. The van der Waals surface area contributed by atoms with Gasteiger partial charge < -0.3 is 28.4 Å². The van der Waals surface area contributed by atoms with Gasteiger partial charge in [0.25, 0.3) is 11.4 Å². The molecule has 0 saturated carbocycles. The molecule has 38 heavy (non-hydrogen) atoms. The van der Waals surface area contributed by atoms with Gasteiger partial charge in [-0.1, -0.05) is 31.5 Å². The van der Waals surface area contributed by atoms with E-state index < -0.39 is 5.56 Å². The Hall–Kier alpha value is -4.60. The van der Waals surface area contributed by atoms with Crippen molar-refractivity contribution in [3.05, 3.63) is 70.3 Å². The number of benzene rings is 2. The number of hydrogen-bond acceptors (Lipinski definition) is 9. The normalized spacial score (nSPS) is 11.2. The van der Waals surface area contributed by atoms with Crippen LogP contribution < -0.4 is 15.0 Å². The average Bonchev–Trinajstić information content (AvgIpc) is 3.57. The highest BCUT2D eigenvalue weighted by Crippen LogP contribution is 2.46. The Morgan fingerprint density at radius 3 is 2.32 bits per heavy atom. The fourth-order valence-electron chi connectivity index (χ4n) is 4.44. The molecule has 0 aliphatic carbocycles. The van der Waals surface area contributed by atoms with E-state index in [1.807, 2.05) is 24.3 Å². The monoisotopic (exact) mass is 516 g/mol. The Labute approximate surface area is 218 Å². The largest absolute Gasteiger partial charge is 0.506 e. The second kappa shape index (κ2) is 10.8. The molecule has 2 aromatic carbocycles. The van der Waals surface area contributed by atoms with Crippen LogP contribution in [0, 0.1) is 0 Å². The van der Waals surface area contributed by atoms with E-state index in [1.54, 1.807) is 18.2 Å². The van der Waals surface area contributed by atoms with E-state index in [4.69, 9.17) is 18.3 Å². The molecule has 2 N–H and O–H groups in total. The number of aromatic amines is 1. The van der Waals surface area contributed by atoms with Crippen molar-refractivity contribution in [1.29, 1.82) is 0 Å². The maximum absolute atomic E-state index is 13.2. The van der Waals surface area contributed by atoms with Crippen LogP contribution in [0.4, 0.5) is 0 Å². The molecule has 0 radical (unpaired) electrons. The van der Waals surface area contributed by atoms with E-state index >= 15 is 0 Å². The van der Waals surface area contributed by atoms with Crippen LogP contribution >= 0.6 is 0 Å². The molecule has 0 aliphatic heterocycles. The van der Waals surface area contributed by atoms with Gasteiger partial charge in [0.2, 0.25) is 5.89 Å². The van der Waals surface area contributed by atoms with Gasteiger partial charge in [0.15, 0.2) is 11.5 Å². The van der Waals surface area contributed by atoms with Crippen molar-refractivity contribution in [3.8, 4) is 39.8 Å². The summed E-state index contributed by atoms with van der Waals surface area (Å²) in [6.45, 7) is 2.05. The minimum Gasteiger partial charge on any atom is -0.506 e. The predicted molar refractivity (Wildman–Crippen MR) is 141 cm³/mol. The fraction of sp³-hybridized carbons (Fsp3) is 0.286. The first kappa shape index (κ1) is 25.1. The van der Waals surface area contributed by atoms with E-state index in [0.29, 0.717) is 59.1 Å². The summed E-state index contributed by atoms with van der Waals surface area (Å²) in [4.78, 5) is 20.6. The van der Waals surface area contributed by atoms with Crippen molar-refractivity contribution in [2.75, 3.05) is 14.2 Å². The van der Waals surface area contributed by atoms with Crippen LogP contribution in [0.25, 0.3) is 33.7 Å². The summed E-state index contributed by atoms with van der Waals surface area (Å²) < 4.78 is 22.7. The lowest BCUT2D eigenvalue weighted by molar-refractivity contribution is 0.396. The Morgan fingerprint density at radius 1 is 0.868 bits per heavy atom. The number of H-pyrrole nitrogens is 1. The number of aromatic nitrogens is 4. The Bertz CT molecular complexity index is 1580. The minimum absolute atomic E-state index is 0.0894. The predicted octanol–water partition coefficient (Wildman–Crippen LogP) is 5.08. The summed E-state index contributed by atoms with van der Waals surface area (Å²) >= 11 is 0. The number of nitrogens with one attached hydrogen (secondary N) is 1. The number of ether oxygens (including phenoxy) is 2. The van der Waals surface area contributed by atoms with Gasteiger partial charge in [0.1, 0.15) is 28.3 Å². The number of pyridine rings is 1. The Balaban J connectivity index is 1.53. The number of fused-ring (bicyclic) bond motifs is 1. The summed E-state index contributed by atoms with van der Waals surface area (Å²) in [6, 6.07) is 12.8. The number of unbranched alkanes of at least 4 members (excludes halogenated alkanes) is 1. The quantitative estimate of drug-likeness (QED) is 0.260. The summed E-state index contributed by atoms with van der Waals surface area (Å²) in [5.41, 5.74) is 2.31. The molecule has 5 aromatic rings. The summed E-state index contributed by atoms with van der Waals surface area (Å²) in [5.74, 6) is 1.43. The third-order valence-electron chi connectivity index (χ3n) is 6.30. The number of nitrogens with zero attached hydrogens (tertiary/aromatic N) is 3. The maximum atomic E-state index is 13.2. The lowest BCUT2D eigenvalue weighted by atomic mass is 9.96. The number of aromatic hydroxyl groups is 1. The fourth-order valence-corrected chi connectivity index (χ4v) is 4.44. The van der Waals surface area contributed by atoms with Crippen molar-refractivity contribution in [2.24, 2.45) is 0 Å². The van der Waals surface area contributed by atoms with E-state index in [2.05, 4.69) is 27.1 Å². The standard InChI is InChI=1S/C28H28N4O6/c1-4-5-9-17-23(24-19(35-2)12-8-13-20(24)36-3)26(33)25(27(34)30-17)28-32-31-22(38-28)15-14-21-29-16-10-6-7-11-18(16)37-21/h6-8,10-13H,4-5,9,14-15H2,1-3H3,(H2,30,33,34). The topological polar surface area (TPSA) is 136 Å². The van der Waals surface area contributed by atoms with Crippen LogP contribution in [-0.2, 0) is 19.3 Å². The molecule has 0 fully saturated rings. The summed E-state index contributed by atoms with van der Waals surface area (Å²) in [7, 11) is 3.07. The maximum Gasteiger partial charge on any atom is 0.264 e. The lowest BCUT2D eigenvalue weighted by Crippen LogP contribution is -2.14. The van der Waals surface area contributed by atoms with E-state index in [0.717, 1.165) is 18.4 Å². The molecule has 0 spiro atoms. The molecular weight excluding hydrogens is 488 g/mol. The molecule has 0 amide bonds. The van der Waals surface area contributed by atoms with E-state index in [9.17, 15) is 9.90 Å². The van der Waals surface area contributed by atoms with Crippen LogP contribution in [0.1, 0.15) is 37.2 Å². The molecule has 196 valence electrons. The highest BCUT2D eigenvalue weighted by molar-refractivity contribution is 5.87. The van der Waals surface area contributed by atoms with Crippen molar-refractivity contribution in [1.82, 2.24) is 20.2 Å². The van der Waals surface area contributed by atoms with Crippen LogP contribution in [0.15, 0.2) is 56.1 Å². The van der Waals surface area contributed by atoms with Gasteiger partial charge in [-0.05, 0) is 37.1 Å². The summed E-state index contributed by atoms with van der Waals surface area (Å²) in [6.07, 6.45) is 3.02. The van der Waals surface area contributed by atoms with Gasteiger partial charge >= 0.3 is 0 Å². The van der Waals surface area contributed by atoms with Gasteiger partial charge in [0.05, 0.1) is 25.3 Å². The van der Waals surface area contributed by atoms with E-state index in [-0.39, 0.29) is 23.1 Å². The van der Waals surface area contributed by atoms with Crippen LogP contribution in [-0.4, -0.2) is 39.5 Å². The van der Waals surface area contributed by atoms with Crippen molar-refractivity contribution >= 4 is 11.1 Å². The third kappa shape index (κ3) is 4.72. The number of hydrogen-bond donors (Lipinski definition) is 2. The molecule has 3 aromatic heterocycles. The van der Waals surface area contributed by atoms with Gasteiger partial charge in [-0.15, -0.1) is 10.2 Å². The zero-order valence-corrected chi connectivity index (χ0v) is 21.4. The van der Waals surface area contributed by atoms with Gasteiger partial charge in [-0.25, -0.2) is 4.98 Å². The van der Waals surface area contributed by atoms with Crippen LogP contribution in [0.3, 0.4) is 0 Å². The first-order chi connectivity index (χ1) is 18.5. The molecule has 10 heteroatoms. The number of oxazole rings is 1. The molecule has 0 unspecified atom stereocenters. The first-order valence-electron chi connectivity index (χ1n) is 12.4. The second-order valence-corrected chi connectivity index (χ2v) is 8.75. The van der Waals surface area contributed by atoms with Gasteiger partial charge in [0, 0.05) is 18.5 Å². The SMILES string of the molecule is CCCCc1[nH]c(=O)c(-c2nnc(CCc3nc4ccccc4o3)o2)c(O)c1-c1c(OC)cccc1OC. The zero-order valence-electron chi connectivity index (χ0n) is 21.4. The zero-order chi connectivity index (χ0) is 26.6. The van der Waals surface area contributed by atoms with Gasteiger partial charge in [-0.3, -0.25) is 4.79 Å². The second-order valence-electron chi connectivity index (χ2n) is 8.75. The molecule has 10 nitrogen and oxygen atoms in total. The molecule has 0 atom stereocenters. The smallest absolute Gasteiger partial charge is 0.264 e. The number of rotatable bonds is 10.